The number of benzene rings is 1. The van der Waals surface area contributed by atoms with Gasteiger partial charge in [-0.2, -0.15) is 0 Å². The maximum absolute atomic E-state index is 13.1. The van der Waals surface area contributed by atoms with Crippen LogP contribution >= 0.6 is 11.3 Å². The summed E-state index contributed by atoms with van der Waals surface area (Å²) in [6.07, 6.45) is 1.18. The van der Waals surface area contributed by atoms with Crippen LogP contribution in [-0.2, 0) is 16.1 Å². The molecule has 2 fully saturated rings. The SMILES string of the molecule is CC(=O)N[C@H](C(=O)N1C[C@H](O)C/C1=C(/O)NCc1ccc(-c2scnc2C)cc1)C1CC1. The van der Waals surface area contributed by atoms with E-state index in [1.165, 1.54) is 11.8 Å². The molecule has 9 heteroatoms. The summed E-state index contributed by atoms with van der Waals surface area (Å²) in [4.78, 5) is 31.5. The number of aryl methyl sites for hydroxylation is 1. The summed E-state index contributed by atoms with van der Waals surface area (Å²) in [6, 6.07) is 7.37. The summed E-state index contributed by atoms with van der Waals surface area (Å²) in [7, 11) is 0. The molecule has 32 heavy (non-hydrogen) atoms. The van der Waals surface area contributed by atoms with E-state index in [0.717, 1.165) is 34.5 Å². The first-order valence-electron chi connectivity index (χ1n) is 10.8. The van der Waals surface area contributed by atoms with Crippen molar-refractivity contribution in [3.05, 3.63) is 52.6 Å². The van der Waals surface area contributed by atoms with Crippen LogP contribution in [0, 0.1) is 12.8 Å². The molecule has 8 nitrogen and oxygen atoms in total. The number of likely N-dealkylation sites (tertiary alicyclic amines) is 1. The summed E-state index contributed by atoms with van der Waals surface area (Å²) < 4.78 is 0. The minimum Gasteiger partial charge on any atom is -0.494 e. The molecule has 2 aliphatic rings. The molecule has 0 unspecified atom stereocenters. The van der Waals surface area contributed by atoms with Crippen molar-refractivity contribution in [3.8, 4) is 10.4 Å². The molecule has 4 N–H and O–H groups in total. The van der Waals surface area contributed by atoms with Crippen LogP contribution in [0.15, 0.2) is 41.4 Å². The number of thiazole rings is 1. The Morgan fingerprint density at radius 2 is 2.00 bits per heavy atom. The third kappa shape index (κ3) is 4.94. The van der Waals surface area contributed by atoms with E-state index in [1.807, 2.05) is 36.7 Å². The van der Waals surface area contributed by atoms with Gasteiger partial charge in [-0.3, -0.25) is 9.59 Å². The van der Waals surface area contributed by atoms with Crippen molar-refractivity contribution in [1.29, 1.82) is 0 Å². The Bertz CT molecular complexity index is 1030. The van der Waals surface area contributed by atoms with Gasteiger partial charge in [-0.25, -0.2) is 4.98 Å². The van der Waals surface area contributed by atoms with Crippen molar-refractivity contribution in [2.45, 2.75) is 51.8 Å². The highest BCUT2D eigenvalue weighted by molar-refractivity contribution is 7.13. The number of nitrogens with one attached hydrogen (secondary N) is 2. The normalized spacial score (nSPS) is 20.7. The molecule has 1 saturated heterocycles. The molecule has 1 aromatic heterocycles. The van der Waals surface area contributed by atoms with E-state index in [4.69, 9.17) is 0 Å². The summed E-state index contributed by atoms with van der Waals surface area (Å²) in [5.74, 6) is -0.567. The number of hydrogen-bond acceptors (Lipinski definition) is 7. The summed E-state index contributed by atoms with van der Waals surface area (Å²) in [5.41, 5.74) is 5.24. The van der Waals surface area contributed by atoms with E-state index >= 15 is 0 Å². The Kier molecular flexibility index (Phi) is 6.48. The van der Waals surface area contributed by atoms with Crippen LogP contribution in [0.5, 0.6) is 0 Å². The van der Waals surface area contributed by atoms with Gasteiger partial charge in [-0.1, -0.05) is 24.3 Å². The van der Waals surface area contributed by atoms with E-state index in [1.54, 1.807) is 11.3 Å². The first kappa shape index (κ1) is 22.3. The fourth-order valence-electron chi connectivity index (χ4n) is 4.00. The quantitative estimate of drug-likeness (QED) is 0.476. The van der Waals surface area contributed by atoms with Crippen LogP contribution < -0.4 is 10.6 Å². The third-order valence-electron chi connectivity index (χ3n) is 5.83. The molecule has 1 aliphatic carbocycles. The molecule has 0 bridgehead atoms. The van der Waals surface area contributed by atoms with Gasteiger partial charge in [0.1, 0.15) is 6.04 Å². The molecule has 170 valence electrons. The standard InChI is InChI=1S/C23H28N4O4S/c1-13-21(32-12-25-13)17-5-3-15(4-6-17)10-24-22(30)19-9-18(29)11-27(19)23(31)20(16-7-8-16)26-14(2)28/h3-6,12,16,18,20,24,29-30H,7-11H2,1-2H3,(H,26,28)/b22-19-/t18-,20+/m1/s1. The van der Waals surface area contributed by atoms with Crippen molar-refractivity contribution in [2.24, 2.45) is 5.92 Å². The maximum atomic E-state index is 13.1. The van der Waals surface area contributed by atoms with Gasteiger partial charge in [0, 0.05) is 19.9 Å². The predicted octanol–water partition coefficient (Wildman–Crippen LogP) is 2.44. The number of carbonyl (C=O) groups is 2. The summed E-state index contributed by atoms with van der Waals surface area (Å²) >= 11 is 1.60. The molecular formula is C23H28N4O4S. The molecule has 0 radical (unpaired) electrons. The van der Waals surface area contributed by atoms with Gasteiger partial charge in [-0.15, -0.1) is 11.3 Å². The smallest absolute Gasteiger partial charge is 0.249 e. The zero-order chi connectivity index (χ0) is 22.8. The lowest BCUT2D eigenvalue weighted by atomic mass is 10.1. The summed E-state index contributed by atoms with van der Waals surface area (Å²) in [6.45, 7) is 3.84. The largest absolute Gasteiger partial charge is 0.494 e. The van der Waals surface area contributed by atoms with Gasteiger partial charge in [0.25, 0.3) is 0 Å². The number of nitrogens with zero attached hydrogens (tertiary/aromatic N) is 2. The minimum atomic E-state index is -0.753. The fourth-order valence-corrected chi connectivity index (χ4v) is 4.82. The van der Waals surface area contributed by atoms with Gasteiger partial charge < -0.3 is 25.7 Å². The molecule has 2 heterocycles. The first-order chi connectivity index (χ1) is 15.3. The fraction of sp³-hybridized carbons (Fsp3) is 0.435. The van der Waals surface area contributed by atoms with Crippen molar-refractivity contribution >= 4 is 23.2 Å². The first-order valence-corrected chi connectivity index (χ1v) is 11.6. The molecule has 2 amide bonds. The van der Waals surface area contributed by atoms with E-state index in [9.17, 15) is 19.8 Å². The van der Waals surface area contributed by atoms with Gasteiger partial charge in [0.15, 0.2) is 0 Å². The molecule has 4 rings (SSSR count). The van der Waals surface area contributed by atoms with Gasteiger partial charge in [0.2, 0.25) is 17.7 Å². The van der Waals surface area contributed by atoms with Crippen LogP contribution in [-0.4, -0.2) is 50.6 Å². The predicted molar refractivity (Wildman–Crippen MR) is 121 cm³/mol. The van der Waals surface area contributed by atoms with Gasteiger partial charge in [0.05, 0.1) is 34.4 Å². The number of hydrogen-bond donors (Lipinski definition) is 4. The topological polar surface area (TPSA) is 115 Å². The number of aromatic nitrogens is 1. The average molecular weight is 457 g/mol. The highest BCUT2D eigenvalue weighted by atomic mass is 32.1. The monoisotopic (exact) mass is 456 g/mol. The van der Waals surface area contributed by atoms with E-state index in [0.29, 0.717) is 12.2 Å². The molecule has 1 aliphatic heterocycles. The minimum absolute atomic E-state index is 0.103. The maximum Gasteiger partial charge on any atom is 0.249 e. The molecule has 2 atom stereocenters. The zero-order valence-corrected chi connectivity index (χ0v) is 19.0. The zero-order valence-electron chi connectivity index (χ0n) is 18.2. The lowest BCUT2D eigenvalue weighted by Crippen LogP contribution is -2.48. The van der Waals surface area contributed by atoms with Crippen molar-refractivity contribution < 1.29 is 19.8 Å². The van der Waals surface area contributed by atoms with Crippen LogP contribution in [0.2, 0.25) is 0 Å². The Morgan fingerprint density at radius 1 is 1.28 bits per heavy atom. The molecular weight excluding hydrogens is 428 g/mol. The highest BCUT2D eigenvalue weighted by Crippen LogP contribution is 2.35. The van der Waals surface area contributed by atoms with E-state index < -0.39 is 12.1 Å². The van der Waals surface area contributed by atoms with E-state index in [2.05, 4.69) is 15.6 Å². The van der Waals surface area contributed by atoms with Gasteiger partial charge in [-0.05, 0) is 36.8 Å². The van der Waals surface area contributed by atoms with Crippen LogP contribution in [0.1, 0.15) is 37.4 Å². The molecule has 1 saturated carbocycles. The molecule has 1 aromatic carbocycles. The Balaban J connectivity index is 1.45. The van der Waals surface area contributed by atoms with Gasteiger partial charge >= 0.3 is 0 Å². The lowest BCUT2D eigenvalue weighted by molar-refractivity contribution is -0.135. The highest BCUT2D eigenvalue weighted by Gasteiger charge is 2.42. The molecule has 2 aromatic rings. The lowest BCUT2D eigenvalue weighted by Gasteiger charge is -2.25. The summed E-state index contributed by atoms with van der Waals surface area (Å²) in [5, 5.41) is 26.5. The number of aliphatic hydroxyl groups excluding tert-OH is 2. The number of carbonyl (C=O) groups excluding carboxylic acids is 2. The number of β-amino-alcohol motifs (C(OH)–C–C–N with tert-alkyl or cyclic N) is 1. The second-order valence-corrected chi connectivity index (χ2v) is 9.29. The van der Waals surface area contributed by atoms with Crippen molar-refractivity contribution in [3.63, 3.8) is 0 Å². The van der Waals surface area contributed by atoms with Crippen LogP contribution in [0.25, 0.3) is 10.4 Å². The Morgan fingerprint density at radius 3 is 2.59 bits per heavy atom. The number of aliphatic hydroxyl groups is 2. The second-order valence-electron chi connectivity index (χ2n) is 8.44. The third-order valence-corrected chi connectivity index (χ3v) is 6.80. The number of amides is 2. The number of rotatable bonds is 7. The van der Waals surface area contributed by atoms with Crippen molar-refractivity contribution in [2.75, 3.05) is 6.54 Å². The van der Waals surface area contributed by atoms with Crippen molar-refractivity contribution in [1.82, 2.24) is 20.5 Å². The van der Waals surface area contributed by atoms with Crippen LogP contribution in [0.3, 0.4) is 0 Å². The van der Waals surface area contributed by atoms with Crippen LogP contribution in [0.4, 0.5) is 0 Å². The average Bonchev–Trinajstić information content (AvgIpc) is 3.40. The van der Waals surface area contributed by atoms with E-state index in [-0.39, 0.29) is 36.6 Å². The Hall–Kier alpha value is -2.91. The second kappa shape index (κ2) is 9.30. The molecule has 0 spiro atoms. The Labute approximate surface area is 191 Å².